The summed E-state index contributed by atoms with van der Waals surface area (Å²) in [5, 5.41) is 17.4. The quantitative estimate of drug-likeness (QED) is 0.684. The van der Waals surface area contributed by atoms with Crippen molar-refractivity contribution in [2.24, 2.45) is 0 Å². The first kappa shape index (κ1) is 8.62. The second-order valence-corrected chi connectivity index (χ2v) is 2.39. The molecule has 1 heterocycles. The zero-order chi connectivity index (χ0) is 8.97. The molecule has 0 aromatic carbocycles. The smallest absolute Gasteiger partial charge is 0.125 e. The number of nitriles is 1. The molecule has 12 heavy (non-hydrogen) atoms. The second-order valence-electron chi connectivity index (χ2n) is 2.39. The van der Waals surface area contributed by atoms with Crippen LogP contribution in [0.3, 0.4) is 0 Å². The molecule has 0 aliphatic rings. The first-order chi connectivity index (χ1) is 5.77. The molecule has 1 unspecified atom stereocenters. The van der Waals surface area contributed by atoms with Gasteiger partial charge in [-0.3, -0.25) is 0 Å². The van der Waals surface area contributed by atoms with Crippen LogP contribution in [0.15, 0.2) is 12.3 Å². The van der Waals surface area contributed by atoms with Crippen LogP contribution in [-0.4, -0.2) is 21.7 Å². The summed E-state index contributed by atoms with van der Waals surface area (Å²) in [6.45, 7) is 1.54. The molecule has 0 radical (unpaired) electrons. The predicted octanol–water partition coefficient (Wildman–Crippen LogP) is 0.384. The Hall–Kier alpha value is -1.47. The lowest BCUT2D eigenvalue weighted by atomic mass is 10.1. The largest absolute Gasteiger partial charge is 0.395 e. The van der Waals surface area contributed by atoms with E-state index in [2.05, 4.69) is 9.97 Å². The standard InChI is InChI=1S/C8H9N3O/c1-6-10-3-2-8(11-6)7(4-9)5-12/h2-3,7,12H,5H2,1H3. The number of aliphatic hydroxyl groups excluding tert-OH is 1. The molecule has 4 heteroatoms. The lowest BCUT2D eigenvalue weighted by Gasteiger charge is -2.03. The third-order valence-electron chi connectivity index (χ3n) is 1.49. The zero-order valence-electron chi connectivity index (χ0n) is 6.73. The van der Waals surface area contributed by atoms with E-state index < -0.39 is 5.92 Å². The summed E-state index contributed by atoms with van der Waals surface area (Å²) in [6.07, 6.45) is 1.58. The van der Waals surface area contributed by atoms with Gasteiger partial charge in [0.2, 0.25) is 0 Å². The van der Waals surface area contributed by atoms with Crippen LogP contribution in [-0.2, 0) is 0 Å². The van der Waals surface area contributed by atoms with Crippen LogP contribution in [0.5, 0.6) is 0 Å². The fourth-order valence-corrected chi connectivity index (χ4v) is 0.869. The summed E-state index contributed by atoms with van der Waals surface area (Å²) in [6, 6.07) is 3.59. The van der Waals surface area contributed by atoms with Gasteiger partial charge in [-0.1, -0.05) is 0 Å². The highest BCUT2D eigenvalue weighted by Gasteiger charge is 2.09. The summed E-state index contributed by atoms with van der Waals surface area (Å²) >= 11 is 0. The van der Waals surface area contributed by atoms with Crippen LogP contribution in [0, 0.1) is 18.3 Å². The third-order valence-corrected chi connectivity index (χ3v) is 1.49. The van der Waals surface area contributed by atoms with Crippen molar-refractivity contribution < 1.29 is 5.11 Å². The molecule has 1 atom stereocenters. The minimum absolute atomic E-state index is 0.201. The van der Waals surface area contributed by atoms with Crippen LogP contribution in [0.2, 0.25) is 0 Å². The molecule has 0 aliphatic carbocycles. The molecule has 0 saturated carbocycles. The zero-order valence-corrected chi connectivity index (χ0v) is 6.73. The topological polar surface area (TPSA) is 69.8 Å². The Balaban J connectivity index is 2.95. The minimum Gasteiger partial charge on any atom is -0.395 e. The van der Waals surface area contributed by atoms with E-state index in [1.807, 2.05) is 6.07 Å². The Morgan fingerprint density at radius 1 is 1.75 bits per heavy atom. The summed E-state index contributed by atoms with van der Waals surface area (Å²) < 4.78 is 0. The monoisotopic (exact) mass is 163 g/mol. The van der Waals surface area contributed by atoms with E-state index in [4.69, 9.17) is 10.4 Å². The average Bonchev–Trinajstić information content (AvgIpc) is 2.07. The fraction of sp³-hybridized carbons (Fsp3) is 0.375. The molecular formula is C8H9N3O. The molecule has 0 spiro atoms. The van der Waals surface area contributed by atoms with Gasteiger partial charge < -0.3 is 5.11 Å². The van der Waals surface area contributed by atoms with Gasteiger partial charge in [-0.25, -0.2) is 9.97 Å². The van der Waals surface area contributed by atoms with Gasteiger partial charge in [0.1, 0.15) is 11.7 Å². The van der Waals surface area contributed by atoms with Gasteiger partial charge in [-0.15, -0.1) is 0 Å². The summed E-state index contributed by atoms with van der Waals surface area (Å²) in [7, 11) is 0. The van der Waals surface area contributed by atoms with Crippen LogP contribution >= 0.6 is 0 Å². The van der Waals surface area contributed by atoms with Crippen molar-refractivity contribution >= 4 is 0 Å². The van der Waals surface area contributed by atoms with E-state index in [9.17, 15) is 0 Å². The van der Waals surface area contributed by atoms with E-state index in [0.717, 1.165) is 0 Å². The molecule has 0 amide bonds. The number of hydrogen-bond acceptors (Lipinski definition) is 4. The van der Waals surface area contributed by atoms with Gasteiger partial charge in [-0.05, 0) is 13.0 Å². The number of aromatic nitrogens is 2. The molecule has 1 aromatic rings. The van der Waals surface area contributed by atoms with Crippen molar-refractivity contribution in [2.45, 2.75) is 12.8 Å². The molecule has 0 saturated heterocycles. The molecular weight excluding hydrogens is 154 g/mol. The van der Waals surface area contributed by atoms with Crippen molar-refractivity contribution in [1.82, 2.24) is 9.97 Å². The molecule has 0 aliphatic heterocycles. The molecule has 0 fully saturated rings. The molecule has 1 N–H and O–H groups in total. The van der Waals surface area contributed by atoms with Crippen molar-refractivity contribution in [1.29, 1.82) is 5.26 Å². The Kier molecular flexibility index (Phi) is 2.72. The molecule has 1 rings (SSSR count). The van der Waals surface area contributed by atoms with Gasteiger partial charge in [0.15, 0.2) is 0 Å². The van der Waals surface area contributed by atoms with Gasteiger partial charge in [0, 0.05) is 6.20 Å². The molecule has 0 bridgehead atoms. The molecule has 4 nitrogen and oxygen atoms in total. The van der Waals surface area contributed by atoms with Gasteiger partial charge in [0.05, 0.1) is 18.4 Å². The van der Waals surface area contributed by atoms with Crippen molar-refractivity contribution in [3.63, 3.8) is 0 Å². The van der Waals surface area contributed by atoms with Gasteiger partial charge >= 0.3 is 0 Å². The van der Waals surface area contributed by atoms with E-state index in [1.54, 1.807) is 19.2 Å². The SMILES string of the molecule is Cc1nccc(C(C#N)CO)n1. The molecule has 1 aromatic heterocycles. The maximum Gasteiger partial charge on any atom is 0.125 e. The van der Waals surface area contributed by atoms with Gasteiger partial charge in [-0.2, -0.15) is 5.26 Å². The van der Waals surface area contributed by atoms with Crippen molar-refractivity contribution in [2.75, 3.05) is 6.61 Å². The van der Waals surface area contributed by atoms with Crippen molar-refractivity contribution in [3.8, 4) is 6.07 Å². The Morgan fingerprint density at radius 3 is 3.00 bits per heavy atom. The summed E-state index contributed by atoms with van der Waals surface area (Å²) in [4.78, 5) is 7.91. The number of rotatable bonds is 2. The van der Waals surface area contributed by atoms with Crippen LogP contribution in [0.4, 0.5) is 0 Å². The Labute approximate surface area is 70.5 Å². The van der Waals surface area contributed by atoms with Crippen molar-refractivity contribution in [3.05, 3.63) is 23.8 Å². The molecule has 62 valence electrons. The highest BCUT2D eigenvalue weighted by Crippen LogP contribution is 2.09. The maximum absolute atomic E-state index is 8.79. The first-order valence-electron chi connectivity index (χ1n) is 3.58. The first-order valence-corrected chi connectivity index (χ1v) is 3.58. The maximum atomic E-state index is 8.79. The second kappa shape index (κ2) is 3.79. The van der Waals surface area contributed by atoms with E-state index in [1.165, 1.54) is 0 Å². The summed E-state index contributed by atoms with van der Waals surface area (Å²) in [5.41, 5.74) is 0.576. The number of aryl methyl sites for hydroxylation is 1. The van der Waals surface area contributed by atoms with Gasteiger partial charge in [0.25, 0.3) is 0 Å². The average molecular weight is 163 g/mol. The lowest BCUT2D eigenvalue weighted by molar-refractivity contribution is 0.284. The number of hydrogen-bond donors (Lipinski definition) is 1. The van der Waals surface area contributed by atoms with E-state index >= 15 is 0 Å². The van der Waals surface area contributed by atoms with E-state index in [-0.39, 0.29) is 6.61 Å². The highest BCUT2D eigenvalue weighted by atomic mass is 16.3. The van der Waals surface area contributed by atoms with E-state index in [0.29, 0.717) is 11.5 Å². The number of aliphatic hydroxyl groups is 1. The van der Waals surface area contributed by atoms with Crippen LogP contribution < -0.4 is 0 Å². The normalized spacial score (nSPS) is 12.1. The minimum atomic E-state index is -0.535. The Morgan fingerprint density at radius 2 is 2.50 bits per heavy atom. The summed E-state index contributed by atoms with van der Waals surface area (Å²) in [5.74, 6) is 0.0768. The van der Waals surface area contributed by atoms with Crippen LogP contribution in [0.25, 0.3) is 0 Å². The Bertz CT molecular complexity index is 305. The number of nitrogens with zero attached hydrogens (tertiary/aromatic N) is 3. The highest BCUT2D eigenvalue weighted by molar-refractivity contribution is 5.15. The fourth-order valence-electron chi connectivity index (χ4n) is 0.869. The third kappa shape index (κ3) is 1.77. The van der Waals surface area contributed by atoms with Crippen LogP contribution in [0.1, 0.15) is 17.4 Å². The predicted molar refractivity (Wildman–Crippen MR) is 42.2 cm³/mol. The lowest BCUT2D eigenvalue weighted by Crippen LogP contribution is -2.05.